The highest BCUT2D eigenvalue weighted by Crippen LogP contribution is 2.35. The second-order valence-corrected chi connectivity index (χ2v) is 8.60. The first kappa shape index (κ1) is 21.4. The minimum absolute atomic E-state index is 0.170. The molecule has 3 aliphatic rings. The van der Waals surface area contributed by atoms with E-state index in [2.05, 4.69) is 20.1 Å². The molecule has 2 aromatic rings. The van der Waals surface area contributed by atoms with Gasteiger partial charge < -0.3 is 9.80 Å². The summed E-state index contributed by atoms with van der Waals surface area (Å²) < 4.78 is 27.5. The van der Waals surface area contributed by atoms with Gasteiger partial charge in [0.25, 0.3) is 5.91 Å². The van der Waals surface area contributed by atoms with Gasteiger partial charge in [-0.1, -0.05) is 6.07 Å². The predicted molar refractivity (Wildman–Crippen MR) is 114 cm³/mol. The molecule has 4 heterocycles. The van der Waals surface area contributed by atoms with Gasteiger partial charge in [-0.25, -0.2) is 9.37 Å². The number of benzene rings is 1. The van der Waals surface area contributed by atoms with Gasteiger partial charge in [0.1, 0.15) is 11.9 Å². The molecule has 0 spiro atoms. The Morgan fingerprint density at radius 1 is 1.06 bits per heavy atom. The van der Waals surface area contributed by atoms with E-state index in [1.165, 1.54) is 29.3 Å². The lowest BCUT2D eigenvalue weighted by Gasteiger charge is -2.37. The van der Waals surface area contributed by atoms with Crippen molar-refractivity contribution in [3.05, 3.63) is 58.9 Å². The molecular weight excluding hydrogens is 432 g/mol. The summed E-state index contributed by atoms with van der Waals surface area (Å²) in [6, 6.07) is 4.99. The van der Waals surface area contributed by atoms with E-state index in [-0.39, 0.29) is 36.8 Å². The fraction of sp³-hybridized carbons (Fsp3) is 0.391. The molecular formula is C23H23F2N5O3. The van der Waals surface area contributed by atoms with E-state index in [4.69, 9.17) is 0 Å². The maximum atomic E-state index is 14.5. The number of anilines is 1. The number of piperidine rings is 1. The van der Waals surface area contributed by atoms with Crippen molar-refractivity contribution in [2.75, 3.05) is 31.1 Å². The first-order valence-corrected chi connectivity index (χ1v) is 10.9. The number of aromatic nitrogens is 1. The van der Waals surface area contributed by atoms with Crippen molar-refractivity contribution in [1.29, 1.82) is 0 Å². The van der Waals surface area contributed by atoms with E-state index >= 15 is 0 Å². The molecule has 1 aromatic carbocycles. The maximum absolute atomic E-state index is 14.5. The highest BCUT2D eigenvalue weighted by molar-refractivity contribution is 6.06. The number of amides is 3. The number of fused-ring (bicyclic) bond motifs is 1. The van der Waals surface area contributed by atoms with Gasteiger partial charge >= 0.3 is 0 Å². The molecule has 8 nitrogen and oxygen atoms in total. The number of carbonyl (C=O) groups is 3. The molecule has 1 unspecified atom stereocenters. The lowest BCUT2D eigenvalue weighted by atomic mass is 10.0. The van der Waals surface area contributed by atoms with Crippen molar-refractivity contribution < 1.29 is 23.2 Å². The zero-order valence-corrected chi connectivity index (χ0v) is 17.9. The summed E-state index contributed by atoms with van der Waals surface area (Å²) in [6.07, 6.45) is 1.96. The third kappa shape index (κ3) is 4.18. The maximum Gasteiger partial charge on any atom is 0.255 e. The molecule has 2 fully saturated rings. The topological polar surface area (TPSA) is 85.9 Å². The van der Waals surface area contributed by atoms with Crippen molar-refractivity contribution in [3.8, 4) is 0 Å². The average Bonchev–Trinajstić information content (AvgIpc) is 3.11. The van der Waals surface area contributed by atoms with Crippen LogP contribution in [0.5, 0.6) is 0 Å². The number of rotatable bonds is 4. The molecule has 1 atom stereocenters. The first-order chi connectivity index (χ1) is 15.9. The lowest BCUT2D eigenvalue weighted by molar-refractivity contribution is -0.136. The number of carbonyl (C=O) groups excluding carboxylic acids is 3. The van der Waals surface area contributed by atoms with Gasteiger partial charge in [0.05, 0.1) is 0 Å². The summed E-state index contributed by atoms with van der Waals surface area (Å²) in [5.74, 6) is -2.23. The Kier molecular flexibility index (Phi) is 5.53. The van der Waals surface area contributed by atoms with Gasteiger partial charge in [0, 0.05) is 68.7 Å². The van der Waals surface area contributed by atoms with Crippen LogP contribution in [0.3, 0.4) is 0 Å². The molecule has 0 saturated carbocycles. The molecule has 5 rings (SSSR count). The summed E-state index contributed by atoms with van der Waals surface area (Å²) in [4.78, 5) is 46.2. The number of halogens is 2. The summed E-state index contributed by atoms with van der Waals surface area (Å²) in [5, 5.41) is 2.28. The van der Waals surface area contributed by atoms with Gasteiger partial charge in [-0.15, -0.1) is 0 Å². The van der Waals surface area contributed by atoms with Crippen LogP contribution in [-0.2, 0) is 22.7 Å². The molecule has 3 amide bonds. The standard InChI is InChI=1S/C23H23F2N5O3/c24-15-9-16-17(13-30(23(16)33)18-2-4-21(31)27-22(18)32)19(10-15)29-7-5-28(6-8-29)12-14-1-3-20(25)26-11-14/h1,3,9-11,18H,2,4-8,12-13H2,(H,27,31,32). The van der Waals surface area contributed by atoms with Crippen molar-refractivity contribution in [3.63, 3.8) is 0 Å². The predicted octanol–water partition coefficient (Wildman–Crippen LogP) is 1.44. The van der Waals surface area contributed by atoms with E-state index in [9.17, 15) is 23.2 Å². The van der Waals surface area contributed by atoms with Gasteiger partial charge in [-0.05, 0) is 30.2 Å². The first-order valence-electron chi connectivity index (χ1n) is 10.9. The van der Waals surface area contributed by atoms with Gasteiger partial charge in [0.15, 0.2) is 0 Å². The van der Waals surface area contributed by atoms with Crippen LogP contribution in [0.15, 0.2) is 30.5 Å². The number of nitrogens with one attached hydrogen (secondary N) is 1. The molecule has 0 aliphatic carbocycles. The normalized spacial score (nSPS) is 21.4. The van der Waals surface area contributed by atoms with Gasteiger partial charge in [-0.2, -0.15) is 4.39 Å². The Hall–Kier alpha value is -3.40. The Morgan fingerprint density at radius 3 is 2.55 bits per heavy atom. The number of nitrogens with zero attached hydrogens (tertiary/aromatic N) is 4. The lowest BCUT2D eigenvalue weighted by Crippen LogP contribution is -2.52. The quantitative estimate of drug-likeness (QED) is 0.555. The largest absolute Gasteiger partial charge is 0.369 e. The Balaban J connectivity index is 1.31. The van der Waals surface area contributed by atoms with Crippen molar-refractivity contribution in [1.82, 2.24) is 20.1 Å². The molecule has 0 radical (unpaired) electrons. The highest BCUT2D eigenvalue weighted by Gasteiger charge is 2.41. The third-order valence-electron chi connectivity index (χ3n) is 6.50. The van der Waals surface area contributed by atoms with E-state index in [1.54, 1.807) is 6.07 Å². The summed E-state index contributed by atoms with van der Waals surface area (Å²) in [5.41, 5.74) is 2.56. The van der Waals surface area contributed by atoms with Crippen LogP contribution in [-0.4, -0.2) is 64.7 Å². The van der Waals surface area contributed by atoms with Crippen LogP contribution in [0.1, 0.15) is 34.3 Å². The highest BCUT2D eigenvalue weighted by atomic mass is 19.1. The average molecular weight is 455 g/mol. The second-order valence-electron chi connectivity index (χ2n) is 8.60. The van der Waals surface area contributed by atoms with E-state index in [1.807, 2.05) is 0 Å². The van der Waals surface area contributed by atoms with E-state index in [0.717, 1.165) is 5.56 Å². The molecule has 33 heavy (non-hydrogen) atoms. The van der Waals surface area contributed by atoms with Crippen LogP contribution in [0, 0.1) is 11.8 Å². The Morgan fingerprint density at radius 2 is 1.85 bits per heavy atom. The van der Waals surface area contributed by atoms with Crippen LogP contribution >= 0.6 is 0 Å². The second kappa shape index (κ2) is 8.51. The minimum atomic E-state index is -0.736. The number of piperazine rings is 1. The van der Waals surface area contributed by atoms with Crippen LogP contribution in [0.25, 0.3) is 0 Å². The molecule has 1 N–H and O–H groups in total. The number of hydrogen-bond acceptors (Lipinski definition) is 6. The molecule has 0 bridgehead atoms. The third-order valence-corrected chi connectivity index (χ3v) is 6.50. The van der Waals surface area contributed by atoms with Crippen LogP contribution in [0.4, 0.5) is 14.5 Å². The van der Waals surface area contributed by atoms with Crippen LogP contribution < -0.4 is 10.2 Å². The van der Waals surface area contributed by atoms with E-state index in [0.29, 0.717) is 44.0 Å². The fourth-order valence-electron chi connectivity index (χ4n) is 4.79. The smallest absolute Gasteiger partial charge is 0.255 e. The van der Waals surface area contributed by atoms with Crippen molar-refractivity contribution in [2.45, 2.75) is 32.0 Å². The van der Waals surface area contributed by atoms with E-state index < -0.39 is 23.7 Å². The molecule has 172 valence electrons. The SMILES string of the molecule is O=C1CCC(N2Cc3c(cc(F)cc3N3CCN(Cc4ccc(F)nc4)CC3)C2=O)C(=O)N1. The summed E-state index contributed by atoms with van der Waals surface area (Å²) in [7, 11) is 0. The Bertz CT molecular complexity index is 1120. The molecule has 2 saturated heterocycles. The van der Waals surface area contributed by atoms with Crippen molar-refractivity contribution in [2.24, 2.45) is 0 Å². The number of hydrogen-bond donors (Lipinski definition) is 1. The molecule has 1 aromatic heterocycles. The fourth-order valence-corrected chi connectivity index (χ4v) is 4.79. The van der Waals surface area contributed by atoms with Gasteiger partial charge in [-0.3, -0.25) is 24.6 Å². The molecule has 10 heteroatoms. The molecule has 3 aliphatic heterocycles. The zero-order valence-electron chi connectivity index (χ0n) is 17.9. The monoisotopic (exact) mass is 455 g/mol. The van der Waals surface area contributed by atoms with Crippen molar-refractivity contribution >= 4 is 23.4 Å². The zero-order chi connectivity index (χ0) is 23.1. The number of pyridine rings is 1. The Labute approximate surface area is 189 Å². The summed E-state index contributed by atoms with van der Waals surface area (Å²) in [6.45, 7) is 3.55. The minimum Gasteiger partial charge on any atom is -0.369 e. The van der Waals surface area contributed by atoms with Crippen LogP contribution in [0.2, 0.25) is 0 Å². The van der Waals surface area contributed by atoms with Gasteiger partial charge in [0.2, 0.25) is 17.8 Å². The number of imide groups is 1. The summed E-state index contributed by atoms with van der Waals surface area (Å²) >= 11 is 0.